The minimum absolute atomic E-state index is 0.109. The summed E-state index contributed by atoms with van der Waals surface area (Å²) in [6.45, 7) is 9.45. The van der Waals surface area contributed by atoms with Crippen molar-refractivity contribution in [2.75, 3.05) is 9.80 Å². The molecule has 0 amide bonds. The van der Waals surface area contributed by atoms with Gasteiger partial charge in [0.25, 0.3) is 0 Å². The largest absolute Gasteiger partial charge is 0.310 e. The van der Waals surface area contributed by atoms with E-state index in [1.54, 1.807) is 0 Å². The van der Waals surface area contributed by atoms with E-state index in [0.717, 1.165) is 34.1 Å². The summed E-state index contributed by atoms with van der Waals surface area (Å²) >= 11 is 0. The minimum Gasteiger partial charge on any atom is -0.310 e. The van der Waals surface area contributed by atoms with Gasteiger partial charge in [0.1, 0.15) is 0 Å². The molecule has 0 aromatic heterocycles. The number of nitrogens with zero attached hydrogens (tertiary/aromatic N) is 2. The Morgan fingerprint density at radius 3 is 1.34 bits per heavy atom. The van der Waals surface area contributed by atoms with Crippen LogP contribution in [0.2, 0.25) is 0 Å². The van der Waals surface area contributed by atoms with Gasteiger partial charge in [-0.1, -0.05) is 155 Å². The molecule has 2 aliphatic rings. The fourth-order valence-electron chi connectivity index (χ4n) is 10.1. The van der Waals surface area contributed by atoms with Crippen LogP contribution in [0.15, 0.2) is 194 Å². The van der Waals surface area contributed by atoms with Crippen molar-refractivity contribution in [3.05, 3.63) is 216 Å². The second kappa shape index (κ2) is 12.8. The molecule has 0 N–H and O–H groups in total. The van der Waals surface area contributed by atoms with Crippen molar-refractivity contribution in [3.8, 4) is 22.3 Å². The Kier molecular flexibility index (Phi) is 7.59. The van der Waals surface area contributed by atoms with Crippen LogP contribution in [-0.2, 0) is 10.8 Å². The first-order valence-electron chi connectivity index (χ1n) is 20.4. The highest BCUT2D eigenvalue weighted by Gasteiger charge is 2.37. The maximum atomic E-state index is 2.47. The second-order valence-corrected chi connectivity index (χ2v) is 17.0. The number of para-hydroxylation sites is 2. The van der Waals surface area contributed by atoms with Gasteiger partial charge in [-0.2, -0.15) is 0 Å². The summed E-state index contributed by atoms with van der Waals surface area (Å²) in [5.41, 5.74) is 17.4. The summed E-state index contributed by atoms with van der Waals surface area (Å²) in [6.07, 6.45) is 0. The van der Waals surface area contributed by atoms with Crippen LogP contribution < -0.4 is 9.80 Å². The minimum atomic E-state index is -0.120. The smallest absolute Gasteiger partial charge is 0.0547 e. The molecule has 0 heterocycles. The van der Waals surface area contributed by atoms with Gasteiger partial charge in [0.2, 0.25) is 0 Å². The van der Waals surface area contributed by atoms with Crippen LogP contribution >= 0.6 is 0 Å². The second-order valence-electron chi connectivity index (χ2n) is 17.0. The lowest BCUT2D eigenvalue weighted by Gasteiger charge is -2.31. The van der Waals surface area contributed by atoms with Crippen LogP contribution in [0.3, 0.4) is 0 Å². The molecule has 58 heavy (non-hydrogen) atoms. The van der Waals surface area contributed by atoms with E-state index in [4.69, 9.17) is 0 Å². The predicted octanol–water partition coefficient (Wildman–Crippen LogP) is 15.5. The van der Waals surface area contributed by atoms with E-state index in [0.29, 0.717) is 0 Å². The van der Waals surface area contributed by atoms with E-state index in [1.807, 2.05) is 0 Å². The fraction of sp³-hybridized carbons (Fsp3) is 0.107. The molecule has 9 aromatic carbocycles. The molecule has 0 spiro atoms. The van der Waals surface area contributed by atoms with Crippen molar-refractivity contribution in [2.45, 2.75) is 38.5 Å². The van der Waals surface area contributed by atoms with Crippen molar-refractivity contribution in [1.29, 1.82) is 0 Å². The lowest BCUT2D eigenvalue weighted by Crippen LogP contribution is -2.17. The van der Waals surface area contributed by atoms with Gasteiger partial charge in [0.15, 0.2) is 0 Å². The first-order chi connectivity index (χ1) is 28.3. The van der Waals surface area contributed by atoms with Gasteiger partial charge in [0, 0.05) is 44.7 Å². The summed E-state index contributed by atoms with van der Waals surface area (Å²) in [5.74, 6) is 0. The van der Waals surface area contributed by atoms with Gasteiger partial charge in [0.05, 0.1) is 5.69 Å². The van der Waals surface area contributed by atoms with E-state index < -0.39 is 0 Å². The molecule has 0 atom stereocenters. The Morgan fingerprint density at radius 1 is 0.293 bits per heavy atom. The third kappa shape index (κ3) is 5.11. The van der Waals surface area contributed by atoms with Crippen molar-refractivity contribution in [1.82, 2.24) is 0 Å². The number of hydrogen-bond acceptors (Lipinski definition) is 2. The number of fused-ring (bicyclic) bond motifs is 9. The summed E-state index contributed by atoms with van der Waals surface area (Å²) in [7, 11) is 0. The molecule has 0 fully saturated rings. The molecule has 2 heteroatoms. The average molecular weight is 745 g/mol. The molecular weight excluding hydrogens is 701 g/mol. The van der Waals surface area contributed by atoms with Crippen LogP contribution in [0.4, 0.5) is 34.1 Å². The lowest BCUT2D eigenvalue weighted by molar-refractivity contribution is 0.660. The molecule has 2 aliphatic carbocycles. The fourth-order valence-corrected chi connectivity index (χ4v) is 10.1. The Morgan fingerprint density at radius 2 is 0.741 bits per heavy atom. The Hall–Kier alpha value is -6.90. The van der Waals surface area contributed by atoms with E-state index in [9.17, 15) is 0 Å². The predicted molar refractivity (Wildman–Crippen MR) is 246 cm³/mol. The SMILES string of the molecule is CC1(C)c2ccccc2-c2ccc(N(c3ccccc3)c3ccc4c(c3)c(N(c3ccccc3)c3ccc5c(c3)C(C)(C)c3ccccc3-5)cc3ccccc34)cc21. The highest BCUT2D eigenvalue weighted by atomic mass is 15.2. The van der Waals surface area contributed by atoms with Gasteiger partial charge < -0.3 is 9.80 Å². The highest BCUT2D eigenvalue weighted by molar-refractivity contribution is 6.15. The van der Waals surface area contributed by atoms with Gasteiger partial charge in [-0.3, -0.25) is 0 Å². The highest BCUT2D eigenvalue weighted by Crippen LogP contribution is 2.53. The van der Waals surface area contributed by atoms with Crippen LogP contribution in [0.25, 0.3) is 43.8 Å². The first-order valence-corrected chi connectivity index (χ1v) is 20.4. The summed E-state index contributed by atoms with van der Waals surface area (Å²) in [4.78, 5) is 4.90. The van der Waals surface area contributed by atoms with Crippen LogP contribution in [-0.4, -0.2) is 0 Å². The molecule has 11 rings (SSSR count). The molecule has 0 aliphatic heterocycles. The lowest BCUT2D eigenvalue weighted by atomic mass is 9.82. The van der Waals surface area contributed by atoms with E-state index in [1.165, 1.54) is 66.1 Å². The third-order valence-corrected chi connectivity index (χ3v) is 13.0. The molecule has 0 bridgehead atoms. The summed E-state index contributed by atoms with van der Waals surface area (Å²) < 4.78 is 0. The quantitative estimate of drug-likeness (QED) is 0.156. The third-order valence-electron chi connectivity index (χ3n) is 13.0. The summed E-state index contributed by atoms with van der Waals surface area (Å²) in [6, 6.07) is 71.9. The molecule has 278 valence electrons. The van der Waals surface area contributed by atoms with E-state index >= 15 is 0 Å². The van der Waals surface area contributed by atoms with Crippen LogP contribution in [0, 0.1) is 0 Å². The van der Waals surface area contributed by atoms with Gasteiger partial charge in [-0.15, -0.1) is 0 Å². The van der Waals surface area contributed by atoms with E-state index in [2.05, 4.69) is 232 Å². The number of anilines is 6. The first kappa shape index (κ1) is 34.4. The Labute approximate surface area is 341 Å². The van der Waals surface area contributed by atoms with Gasteiger partial charge in [-0.05, 0) is 127 Å². The van der Waals surface area contributed by atoms with Crippen LogP contribution in [0.1, 0.15) is 49.9 Å². The van der Waals surface area contributed by atoms with Crippen molar-refractivity contribution in [3.63, 3.8) is 0 Å². The topological polar surface area (TPSA) is 6.48 Å². The Balaban J connectivity index is 1.15. The molecular formula is C56H44N2. The molecule has 0 saturated heterocycles. The maximum Gasteiger partial charge on any atom is 0.0547 e. The zero-order chi connectivity index (χ0) is 39.2. The number of hydrogen-bond donors (Lipinski definition) is 0. The van der Waals surface area contributed by atoms with Crippen molar-refractivity contribution in [2.24, 2.45) is 0 Å². The number of benzene rings is 9. The molecule has 0 unspecified atom stereocenters. The monoisotopic (exact) mass is 744 g/mol. The Bertz CT molecular complexity index is 3070. The normalized spacial score (nSPS) is 14.1. The maximum absolute atomic E-state index is 2.47. The summed E-state index contributed by atoms with van der Waals surface area (Å²) in [5, 5.41) is 4.88. The molecule has 0 saturated carbocycles. The zero-order valence-corrected chi connectivity index (χ0v) is 33.4. The van der Waals surface area contributed by atoms with Crippen LogP contribution in [0.5, 0.6) is 0 Å². The van der Waals surface area contributed by atoms with Crippen molar-refractivity contribution < 1.29 is 0 Å². The molecule has 2 nitrogen and oxygen atoms in total. The standard InChI is InChI=1S/C56H44N2/c1-55(2)50-25-15-13-23-45(50)47-31-28-41(35-52(47)55)57(38-18-7-5-8-19-38)40-27-30-44-43-22-12-11-17-37(43)33-54(49(44)34-40)58(39-20-9-6-10-21-39)42-29-32-48-46-24-14-16-26-51(46)56(3,4)53(48)36-42/h5-36H,1-4H3. The number of rotatable bonds is 6. The average Bonchev–Trinajstić information content (AvgIpc) is 3.63. The van der Waals surface area contributed by atoms with Crippen molar-refractivity contribution >= 4 is 55.7 Å². The molecule has 9 aromatic rings. The van der Waals surface area contributed by atoms with Gasteiger partial charge in [-0.25, -0.2) is 0 Å². The zero-order valence-electron chi connectivity index (χ0n) is 33.4. The molecule has 0 radical (unpaired) electrons. The van der Waals surface area contributed by atoms with E-state index in [-0.39, 0.29) is 10.8 Å². The van der Waals surface area contributed by atoms with Gasteiger partial charge >= 0.3 is 0 Å².